The van der Waals surface area contributed by atoms with Gasteiger partial charge in [-0.15, -0.1) is 0 Å². The van der Waals surface area contributed by atoms with E-state index >= 15 is 0 Å². The lowest BCUT2D eigenvalue weighted by molar-refractivity contribution is 0.538. The van der Waals surface area contributed by atoms with Gasteiger partial charge in [0.25, 0.3) is 0 Å². The first kappa shape index (κ1) is 13.0. The molecule has 16 heavy (non-hydrogen) atoms. The predicted molar refractivity (Wildman–Crippen MR) is 71.9 cm³/mol. The van der Waals surface area contributed by atoms with Crippen molar-refractivity contribution in [2.45, 2.75) is 27.2 Å². The third kappa shape index (κ3) is 3.53. The summed E-state index contributed by atoms with van der Waals surface area (Å²) >= 11 is 0. The summed E-state index contributed by atoms with van der Waals surface area (Å²) in [5, 5.41) is 0. The molecule has 0 aliphatic rings. The molecule has 0 saturated heterocycles. The Kier molecular flexibility index (Phi) is 5.33. The normalized spacial score (nSPS) is 12.5. The van der Waals surface area contributed by atoms with Gasteiger partial charge in [0, 0.05) is 18.8 Å². The van der Waals surface area contributed by atoms with Crippen LogP contribution in [0.3, 0.4) is 0 Å². The molecule has 1 aromatic rings. The van der Waals surface area contributed by atoms with E-state index < -0.39 is 0 Å². The molecule has 1 rings (SSSR count). The molecular weight excluding hydrogens is 196 g/mol. The van der Waals surface area contributed by atoms with Gasteiger partial charge in [-0.2, -0.15) is 0 Å². The molecule has 0 amide bonds. The fraction of sp³-hybridized carbons (Fsp3) is 0.571. The van der Waals surface area contributed by atoms with Crippen LogP contribution in [-0.4, -0.2) is 19.6 Å². The smallest absolute Gasteiger partial charge is 0.0395 e. The van der Waals surface area contributed by atoms with Gasteiger partial charge in [0.1, 0.15) is 0 Å². The van der Waals surface area contributed by atoms with Gasteiger partial charge < -0.3 is 10.6 Å². The summed E-state index contributed by atoms with van der Waals surface area (Å²) in [4.78, 5) is 2.43. The van der Waals surface area contributed by atoms with Gasteiger partial charge in [-0.25, -0.2) is 0 Å². The average molecular weight is 220 g/mol. The summed E-state index contributed by atoms with van der Waals surface area (Å²) < 4.78 is 0. The van der Waals surface area contributed by atoms with E-state index in [0.29, 0.717) is 5.92 Å². The average Bonchev–Trinajstić information content (AvgIpc) is 2.31. The molecule has 1 aromatic carbocycles. The first-order valence-electron chi connectivity index (χ1n) is 6.19. The van der Waals surface area contributed by atoms with Crippen molar-refractivity contribution in [3.63, 3.8) is 0 Å². The molecular formula is C14H24N2. The molecule has 0 saturated carbocycles. The second-order valence-electron chi connectivity index (χ2n) is 4.50. The van der Waals surface area contributed by atoms with E-state index in [0.717, 1.165) is 19.6 Å². The Morgan fingerprint density at radius 1 is 1.31 bits per heavy atom. The van der Waals surface area contributed by atoms with Crippen molar-refractivity contribution < 1.29 is 0 Å². The second-order valence-corrected chi connectivity index (χ2v) is 4.50. The van der Waals surface area contributed by atoms with Crippen molar-refractivity contribution in [3.05, 3.63) is 29.8 Å². The summed E-state index contributed by atoms with van der Waals surface area (Å²) in [5.41, 5.74) is 8.36. The molecule has 0 aliphatic heterocycles. The Morgan fingerprint density at radius 3 is 2.56 bits per heavy atom. The van der Waals surface area contributed by atoms with Crippen LogP contribution in [-0.2, 0) is 0 Å². The summed E-state index contributed by atoms with van der Waals surface area (Å²) in [7, 11) is 0. The number of rotatable bonds is 6. The van der Waals surface area contributed by atoms with Crippen molar-refractivity contribution in [1.82, 2.24) is 0 Å². The number of hydrogen-bond acceptors (Lipinski definition) is 2. The van der Waals surface area contributed by atoms with Gasteiger partial charge >= 0.3 is 0 Å². The highest BCUT2D eigenvalue weighted by Crippen LogP contribution is 2.19. The van der Waals surface area contributed by atoms with Crippen LogP contribution in [0, 0.1) is 12.8 Å². The second kappa shape index (κ2) is 6.54. The zero-order chi connectivity index (χ0) is 12.0. The molecule has 0 heterocycles. The highest BCUT2D eigenvalue weighted by molar-refractivity contribution is 5.52. The van der Waals surface area contributed by atoms with E-state index in [2.05, 4.69) is 49.9 Å². The van der Waals surface area contributed by atoms with Gasteiger partial charge in [-0.3, -0.25) is 0 Å². The molecule has 0 bridgehead atoms. The summed E-state index contributed by atoms with van der Waals surface area (Å²) in [5.74, 6) is 0.609. The Labute approximate surface area is 99.5 Å². The zero-order valence-electron chi connectivity index (χ0n) is 10.7. The molecule has 1 atom stereocenters. The monoisotopic (exact) mass is 220 g/mol. The van der Waals surface area contributed by atoms with Gasteiger partial charge in [0.15, 0.2) is 0 Å². The van der Waals surface area contributed by atoms with Crippen molar-refractivity contribution in [1.29, 1.82) is 0 Å². The standard InChI is InChI=1S/C14H24N2/c1-4-16(10-9-12(2)11-15)14-8-6-5-7-13(14)3/h5-8,12H,4,9-11,15H2,1-3H3. The first-order valence-corrected chi connectivity index (χ1v) is 6.19. The minimum atomic E-state index is 0.609. The van der Waals surface area contributed by atoms with Gasteiger partial charge in [0.05, 0.1) is 0 Å². The van der Waals surface area contributed by atoms with Crippen LogP contribution in [0.4, 0.5) is 5.69 Å². The van der Waals surface area contributed by atoms with E-state index in [1.807, 2.05) is 0 Å². The van der Waals surface area contributed by atoms with Gasteiger partial charge in [-0.05, 0) is 44.4 Å². The number of benzene rings is 1. The van der Waals surface area contributed by atoms with Crippen molar-refractivity contribution in [2.24, 2.45) is 11.7 Å². The minimum absolute atomic E-state index is 0.609. The Morgan fingerprint density at radius 2 is 2.00 bits per heavy atom. The molecule has 2 nitrogen and oxygen atoms in total. The Balaban J connectivity index is 2.64. The van der Waals surface area contributed by atoms with Crippen LogP contribution < -0.4 is 10.6 Å². The fourth-order valence-corrected chi connectivity index (χ4v) is 1.86. The van der Waals surface area contributed by atoms with Crippen LogP contribution in [0.2, 0.25) is 0 Å². The van der Waals surface area contributed by atoms with Crippen LogP contribution in [0.5, 0.6) is 0 Å². The third-order valence-corrected chi connectivity index (χ3v) is 3.13. The number of para-hydroxylation sites is 1. The van der Waals surface area contributed by atoms with Crippen LogP contribution >= 0.6 is 0 Å². The molecule has 2 N–H and O–H groups in total. The molecule has 1 unspecified atom stereocenters. The van der Waals surface area contributed by atoms with Crippen LogP contribution in [0.15, 0.2) is 24.3 Å². The predicted octanol–water partition coefficient (Wildman–Crippen LogP) is 2.81. The van der Waals surface area contributed by atoms with Gasteiger partial charge in [0.2, 0.25) is 0 Å². The summed E-state index contributed by atoms with van der Waals surface area (Å²) in [6.07, 6.45) is 1.17. The topological polar surface area (TPSA) is 29.3 Å². The SMILES string of the molecule is CCN(CCC(C)CN)c1ccccc1C. The van der Waals surface area contributed by atoms with Gasteiger partial charge in [-0.1, -0.05) is 25.1 Å². The third-order valence-electron chi connectivity index (χ3n) is 3.13. The molecule has 0 radical (unpaired) electrons. The zero-order valence-corrected chi connectivity index (χ0v) is 10.7. The number of hydrogen-bond donors (Lipinski definition) is 1. The maximum absolute atomic E-state index is 5.65. The first-order chi connectivity index (χ1) is 7.69. The van der Waals surface area contributed by atoms with Crippen molar-refractivity contribution >= 4 is 5.69 Å². The quantitative estimate of drug-likeness (QED) is 0.798. The summed E-state index contributed by atoms with van der Waals surface area (Å²) in [6, 6.07) is 8.57. The largest absolute Gasteiger partial charge is 0.372 e. The highest BCUT2D eigenvalue weighted by atomic mass is 15.1. The lowest BCUT2D eigenvalue weighted by Crippen LogP contribution is -2.27. The number of aryl methyl sites for hydroxylation is 1. The lowest BCUT2D eigenvalue weighted by atomic mass is 10.1. The molecule has 0 aromatic heterocycles. The van der Waals surface area contributed by atoms with E-state index in [9.17, 15) is 0 Å². The van der Waals surface area contributed by atoms with Crippen LogP contribution in [0.25, 0.3) is 0 Å². The molecule has 0 aliphatic carbocycles. The maximum Gasteiger partial charge on any atom is 0.0395 e. The van der Waals surface area contributed by atoms with Crippen molar-refractivity contribution in [3.8, 4) is 0 Å². The molecule has 0 fully saturated rings. The highest BCUT2D eigenvalue weighted by Gasteiger charge is 2.08. The number of nitrogens with zero attached hydrogens (tertiary/aromatic N) is 1. The number of anilines is 1. The molecule has 90 valence electrons. The van der Waals surface area contributed by atoms with E-state index in [-0.39, 0.29) is 0 Å². The fourth-order valence-electron chi connectivity index (χ4n) is 1.86. The van der Waals surface area contributed by atoms with E-state index in [4.69, 9.17) is 5.73 Å². The molecule has 2 heteroatoms. The lowest BCUT2D eigenvalue weighted by Gasteiger charge is -2.26. The van der Waals surface area contributed by atoms with E-state index in [1.54, 1.807) is 0 Å². The van der Waals surface area contributed by atoms with Crippen molar-refractivity contribution in [2.75, 3.05) is 24.5 Å². The minimum Gasteiger partial charge on any atom is -0.372 e. The summed E-state index contributed by atoms with van der Waals surface area (Å²) in [6.45, 7) is 9.53. The van der Waals surface area contributed by atoms with Crippen LogP contribution in [0.1, 0.15) is 25.8 Å². The maximum atomic E-state index is 5.65. The number of nitrogens with two attached hydrogens (primary N) is 1. The van der Waals surface area contributed by atoms with E-state index in [1.165, 1.54) is 17.7 Å². The molecule has 0 spiro atoms. The Hall–Kier alpha value is -1.02. The Bertz CT molecular complexity index is 309.